The number of benzene rings is 4. The Morgan fingerprint density at radius 1 is 0.457 bits per heavy atom. The number of esters is 11. The number of aryl methyl sites for hydroxylation is 1. The molecule has 0 saturated carbocycles. The molecule has 4 aromatic carbocycles. The second kappa shape index (κ2) is 30.0. The summed E-state index contributed by atoms with van der Waals surface area (Å²) in [5, 5.41) is 0. The Bertz CT molecular complexity index is 3780. The van der Waals surface area contributed by atoms with Crippen molar-refractivity contribution in [3.63, 3.8) is 0 Å². The molecule has 2 aromatic heterocycles. The Balaban J connectivity index is 1.34. The summed E-state index contributed by atoms with van der Waals surface area (Å²) < 4.78 is 104. The lowest BCUT2D eigenvalue weighted by Crippen LogP contribution is -2.45. The highest BCUT2D eigenvalue weighted by molar-refractivity contribution is 6.00. The van der Waals surface area contributed by atoms with E-state index in [-0.39, 0.29) is 50.7 Å². The van der Waals surface area contributed by atoms with Crippen LogP contribution in [0.15, 0.2) is 104 Å². The van der Waals surface area contributed by atoms with Crippen LogP contribution in [-0.2, 0) is 102 Å². The fourth-order valence-electron chi connectivity index (χ4n) is 10.4. The minimum Gasteiger partial charge on any atom is -0.488 e. The quantitative estimate of drug-likeness (QED) is 0.0205. The van der Waals surface area contributed by atoms with Crippen LogP contribution in [0.1, 0.15) is 96.4 Å². The van der Waals surface area contributed by atoms with Gasteiger partial charge < -0.3 is 71.4 Å². The zero-order chi connectivity index (χ0) is 68.0. The lowest BCUT2D eigenvalue weighted by Gasteiger charge is -2.48. The summed E-state index contributed by atoms with van der Waals surface area (Å²) in [6.45, 7) is 0.396. The van der Waals surface area contributed by atoms with Crippen LogP contribution in [0.2, 0.25) is 0 Å². The molecule has 94 heavy (non-hydrogen) atoms. The number of pyridine rings is 2. The number of hydrogen-bond donors (Lipinski definition) is 0. The number of halogens is 2. The molecule has 0 bridgehead atoms. The van der Waals surface area contributed by atoms with Crippen LogP contribution in [0, 0.1) is 18.6 Å². The van der Waals surface area contributed by atoms with Crippen LogP contribution in [-0.4, -0.2) is 142 Å². The van der Waals surface area contributed by atoms with E-state index in [0.717, 1.165) is 64.6 Å². The first-order valence-electron chi connectivity index (χ1n) is 28.1. The molecule has 8 rings (SSSR count). The van der Waals surface area contributed by atoms with E-state index in [4.69, 9.17) is 61.6 Å². The Morgan fingerprint density at radius 3 is 1.32 bits per heavy atom. The lowest BCUT2D eigenvalue weighted by atomic mass is 9.55. The second-order valence-electron chi connectivity index (χ2n) is 20.5. The van der Waals surface area contributed by atoms with E-state index in [1.54, 1.807) is 37.3 Å². The van der Waals surface area contributed by atoms with Gasteiger partial charge in [-0.2, -0.15) is 0 Å². The average molecular weight is 1310 g/mol. The Labute approximate surface area is 532 Å². The number of carbonyl (C=O) groups excluding carboxylic acids is 11. The van der Waals surface area contributed by atoms with Crippen LogP contribution in [0.25, 0.3) is 0 Å². The van der Waals surface area contributed by atoms with E-state index < -0.39 is 172 Å². The van der Waals surface area contributed by atoms with Gasteiger partial charge in [-0.15, -0.1) is 0 Å². The van der Waals surface area contributed by atoms with Crippen LogP contribution < -0.4 is 28.7 Å². The van der Waals surface area contributed by atoms with Gasteiger partial charge in [-0.05, 0) is 101 Å². The third-order valence-electron chi connectivity index (χ3n) is 14.0. The molecule has 2 aliphatic rings. The standard InChI is InChI=1S/C64H58F2N4O24/c1-35-10-11-52(69(27-58(77)88-31-84-36(2)71)28-59(78)89-32-85-37(3)72)56(19-35)82-17-18-83-57-23-45-44(20-53(57)70(29-60(79)90-33-86-38(4)73)30-61(80)91-34-87-39(5)74)62(81)94-64(45)48-21-50(65)54(92-40(6)75)24-46(48)63(42-12-15-67-16-13-42,43-9-8-14-68-26-43)47-25-55(93-41(7)76)51(66)22-49(47)64/h8-16,19-26H,17-18,27-34H2,1-7H3. The highest BCUT2D eigenvalue weighted by Crippen LogP contribution is 2.62. The highest BCUT2D eigenvalue weighted by Gasteiger charge is 2.60. The molecule has 0 saturated heterocycles. The summed E-state index contributed by atoms with van der Waals surface area (Å²) in [5.41, 5.74) is -4.36. The van der Waals surface area contributed by atoms with Gasteiger partial charge in [0, 0.05) is 83.0 Å². The van der Waals surface area contributed by atoms with Gasteiger partial charge >= 0.3 is 65.7 Å². The molecular formula is C64H58F2N4O24. The smallest absolute Gasteiger partial charge is 0.340 e. The van der Waals surface area contributed by atoms with Gasteiger partial charge in [0.25, 0.3) is 0 Å². The molecule has 30 heteroatoms. The van der Waals surface area contributed by atoms with Crippen LogP contribution in [0.4, 0.5) is 20.2 Å². The Hall–Kier alpha value is -11.6. The van der Waals surface area contributed by atoms with Gasteiger partial charge in [0.2, 0.25) is 27.2 Å². The number of hydrogen-bond acceptors (Lipinski definition) is 28. The van der Waals surface area contributed by atoms with E-state index in [2.05, 4.69) is 9.97 Å². The predicted octanol–water partition coefficient (Wildman–Crippen LogP) is 5.40. The first kappa shape index (κ1) is 68.3. The van der Waals surface area contributed by atoms with E-state index in [1.165, 1.54) is 60.0 Å². The summed E-state index contributed by atoms with van der Waals surface area (Å²) in [4.78, 5) is 152. The maximum atomic E-state index is 17.2. The molecule has 492 valence electrons. The molecule has 28 nitrogen and oxygen atoms in total. The molecule has 3 heterocycles. The first-order chi connectivity index (χ1) is 44.8. The zero-order valence-electron chi connectivity index (χ0n) is 51.2. The van der Waals surface area contributed by atoms with Crippen molar-refractivity contribution in [2.24, 2.45) is 0 Å². The fraction of sp³-hybridized carbons (Fsp3) is 0.297. The fourth-order valence-corrected chi connectivity index (χ4v) is 10.4. The number of nitrogens with zero attached hydrogens (tertiary/aromatic N) is 4. The minimum absolute atomic E-state index is 0.00371. The highest BCUT2D eigenvalue weighted by atomic mass is 19.1. The largest absolute Gasteiger partial charge is 0.488 e. The number of rotatable bonds is 27. The van der Waals surface area contributed by atoms with Crippen LogP contribution >= 0.6 is 0 Å². The number of ether oxygens (including phenoxy) is 13. The van der Waals surface area contributed by atoms with Gasteiger partial charge in [0.1, 0.15) is 50.9 Å². The Kier molecular flexibility index (Phi) is 21.8. The molecule has 6 aromatic rings. The topological polar surface area (TPSA) is 340 Å². The Morgan fingerprint density at radius 2 is 0.894 bits per heavy atom. The predicted molar refractivity (Wildman–Crippen MR) is 312 cm³/mol. The van der Waals surface area contributed by atoms with Gasteiger partial charge in [0.15, 0.2) is 28.7 Å². The summed E-state index contributed by atoms with van der Waals surface area (Å²) in [6, 6.07) is 17.6. The van der Waals surface area contributed by atoms with E-state index in [1.807, 2.05) is 0 Å². The SMILES string of the molecule is CC(=O)OCOC(=O)CN(CC(=O)OCOC(C)=O)c1ccc(C)cc1OCCOc1cc2c(cc1N(CC(=O)OCOC(C)=O)CC(=O)OCOC(C)=O)C(=O)OC21c2cc(F)c(OC(C)=O)cc2C(c2ccncc2)(c2cccnc2)c2cc(OC(C)=O)c(F)cc21. The molecule has 0 unspecified atom stereocenters. The average Bonchev–Trinajstić information content (AvgIpc) is 1.23. The number of anilines is 2. The normalized spacial score (nSPS) is 14.6. The number of fused-ring (bicyclic) bond motifs is 6. The first-order valence-corrected chi connectivity index (χ1v) is 28.1. The lowest BCUT2D eigenvalue weighted by molar-refractivity contribution is -0.167. The molecule has 1 aliphatic heterocycles. The summed E-state index contributed by atoms with van der Waals surface area (Å²) in [5.74, 6) is -14.5. The summed E-state index contributed by atoms with van der Waals surface area (Å²) in [7, 11) is 0. The van der Waals surface area contributed by atoms with Gasteiger partial charge in [0.05, 0.1) is 22.4 Å². The van der Waals surface area contributed by atoms with Gasteiger partial charge in [-0.1, -0.05) is 12.1 Å². The molecular weight excluding hydrogens is 1250 g/mol. The summed E-state index contributed by atoms with van der Waals surface area (Å²) in [6.07, 6.45) is 5.78. The van der Waals surface area contributed by atoms with Crippen molar-refractivity contribution in [1.82, 2.24) is 9.97 Å². The van der Waals surface area contributed by atoms with Crippen LogP contribution in [0.5, 0.6) is 23.0 Å². The molecule has 1 spiro atoms. The minimum atomic E-state index is -2.51. The van der Waals surface area contributed by atoms with Crippen LogP contribution in [0.3, 0.4) is 0 Å². The van der Waals surface area contributed by atoms with Crippen molar-refractivity contribution in [1.29, 1.82) is 0 Å². The van der Waals surface area contributed by atoms with Crippen molar-refractivity contribution in [2.45, 2.75) is 59.5 Å². The monoisotopic (exact) mass is 1300 g/mol. The third-order valence-corrected chi connectivity index (χ3v) is 14.0. The molecule has 0 N–H and O–H groups in total. The number of aromatic nitrogens is 2. The molecule has 0 radical (unpaired) electrons. The molecule has 1 aliphatic carbocycles. The third kappa shape index (κ3) is 15.8. The van der Waals surface area contributed by atoms with Crippen molar-refractivity contribution in [2.75, 3.05) is 76.4 Å². The maximum absolute atomic E-state index is 17.2. The summed E-state index contributed by atoms with van der Waals surface area (Å²) >= 11 is 0. The maximum Gasteiger partial charge on any atom is 0.340 e. The molecule has 0 atom stereocenters. The van der Waals surface area contributed by atoms with E-state index >= 15 is 13.6 Å². The van der Waals surface area contributed by atoms with Crippen molar-refractivity contribution >= 4 is 77.0 Å². The molecule has 0 amide bonds. The number of carbonyl (C=O) groups is 11. The van der Waals surface area contributed by atoms with Gasteiger partial charge in [-0.3, -0.25) is 57.9 Å². The van der Waals surface area contributed by atoms with Crippen molar-refractivity contribution in [3.8, 4) is 23.0 Å². The van der Waals surface area contributed by atoms with Crippen molar-refractivity contribution < 1.29 is 123 Å². The second-order valence-corrected chi connectivity index (χ2v) is 20.5. The van der Waals surface area contributed by atoms with E-state index in [0.29, 0.717) is 16.7 Å². The van der Waals surface area contributed by atoms with Gasteiger partial charge in [-0.25, -0.2) is 13.6 Å². The zero-order valence-corrected chi connectivity index (χ0v) is 51.2. The van der Waals surface area contributed by atoms with Crippen molar-refractivity contribution in [3.05, 3.63) is 165 Å². The molecule has 0 fully saturated rings. The van der Waals surface area contributed by atoms with E-state index in [9.17, 15) is 47.9 Å².